The van der Waals surface area contributed by atoms with E-state index in [1.54, 1.807) is 19.1 Å². The molecule has 0 saturated carbocycles. The maximum Gasteiger partial charge on any atom is 0.347 e. The largest absolute Gasteiger partial charge is 0.467 e. The van der Waals surface area contributed by atoms with Crippen molar-refractivity contribution in [3.05, 3.63) is 82.3 Å². The summed E-state index contributed by atoms with van der Waals surface area (Å²) in [5.41, 5.74) is -0.349. The van der Waals surface area contributed by atoms with Gasteiger partial charge in [0, 0.05) is 17.7 Å². The summed E-state index contributed by atoms with van der Waals surface area (Å²) in [4.78, 5) is 37.5. The van der Waals surface area contributed by atoms with Crippen molar-refractivity contribution in [1.82, 2.24) is 5.32 Å². The molecule has 0 fully saturated rings. The number of carbonyl (C=O) groups excluding carboxylic acids is 3. The molecule has 3 aromatic rings. The van der Waals surface area contributed by atoms with E-state index in [1.807, 2.05) is 0 Å². The van der Waals surface area contributed by atoms with Gasteiger partial charge in [-0.25, -0.2) is 31.9 Å². The lowest BCUT2D eigenvalue weighted by Crippen LogP contribution is -2.43. The van der Waals surface area contributed by atoms with E-state index in [0.717, 1.165) is 18.2 Å². The second kappa shape index (κ2) is 13.9. The lowest BCUT2D eigenvalue weighted by Gasteiger charge is -2.20. The van der Waals surface area contributed by atoms with Crippen LogP contribution in [0.25, 0.3) is 0 Å². The van der Waals surface area contributed by atoms with Gasteiger partial charge in [-0.2, -0.15) is 0 Å². The van der Waals surface area contributed by atoms with Crippen LogP contribution in [0.2, 0.25) is 5.02 Å². The van der Waals surface area contributed by atoms with E-state index in [-0.39, 0.29) is 35.0 Å². The van der Waals surface area contributed by atoms with E-state index in [9.17, 15) is 31.6 Å². The van der Waals surface area contributed by atoms with Gasteiger partial charge in [-0.15, -0.1) is 0 Å². The van der Waals surface area contributed by atoms with Gasteiger partial charge in [-0.05, 0) is 57.2 Å². The fourth-order valence-corrected chi connectivity index (χ4v) is 4.87. The van der Waals surface area contributed by atoms with E-state index in [1.165, 1.54) is 26.2 Å². The number of Topliss-reactive ketones (excluding diaryl/α,β-unsaturated/α-hetero) is 1. The molecule has 15 heteroatoms. The normalized spacial score (nSPS) is 13.6. The number of ketones is 1. The molecule has 11 nitrogen and oxygen atoms in total. The first-order valence-corrected chi connectivity index (χ1v) is 14.3. The maximum absolute atomic E-state index is 13.5. The molecule has 226 valence electrons. The van der Waals surface area contributed by atoms with Crippen LogP contribution in [-0.2, 0) is 30.8 Å². The average molecular weight is 628 g/mol. The number of rotatable bonds is 13. The van der Waals surface area contributed by atoms with Gasteiger partial charge in [0.2, 0.25) is 10.0 Å². The SMILES string of the molecule is CC(COC(=O)C(C)OC(=O)c1cc(S(N)(=O)=O)c(Cl)cc1NCc1ccco1)N[C@@H](C)C(=O)c1cc(F)cc(F)c1. The Labute approximate surface area is 245 Å². The molecule has 2 aromatic carbocycles. The summed E-state index contributed by atoms with van der Waals surface area (Å²) in [6, 6.07) is 6.43. The van der Waals surface area contributed by atoms with Crippen molar-refractivity contribution in [2.75, 3.05) is 11.9 Å². The van der Waals surface area contributed by atoms with Crippen LogP contribution in [0, 0.1) is 11.6 Å². The quantitative estimate of drug-likeness (QED) is 0.187. The van der Waals surface area contributed by atoms with E-state index in [2.05, 4.69) is 10.6 Å². The Morgan fingerprint density at radius 1 is 1.07 bits per heavy atom. The van der Waals surface area contributed by atoms with Gasteiger partial charge in [0.25, 0.3) is 0 Å². The Bertz CT molecular complexity index is 1550. The molecule has 0 aliphatic rings. The molecular formula is C27H28ClF2N3O8S. The number of nitrogens with two attached hydrogens (primary N) is 1. The molecule has 1 heterocycles. The highest BCUT2D eigenvalue weighted by molar-refractivity contribution is 7.89. The number of furan rings is 1. The number of ether oxygens (including phenoxy) is 2. The molecule has 0 spiro atoms. The summed E-state index contributed by atoms with van der Waals surface area (Å²) in [7, 11) is -4.31. The van der Waals surface area contributed by atoms with Gasteiger partial charge >= 0.3 is 11.9 Å². The van der Waals surface area contributed by atoms with Crippen molar-refractivity contribution in [2.24, 2.45) is 5.14 Å². The fourth-order valence-electron chi connectivity index (χ4n) is 3.78. The van der Waals surface area contributed by atoms with Crippen LogP contribution in [0.4, 0.5) is 14.5 Å². The zero-order valence-electron chi connectivity index (χ0n) is 22.7. The summed E-state index contributed by atoms with van der Waals surface area (Å²) in [5, 5.41) is 10.7. The average Bonchev–Trinajstić information content (AvgIpc) is 3.42. The summed E-state index contributed by atoms with van der Waals surface area (Å²) >= 11 is 6.07. The minimum absolute atomic E-state index is 0.0871. The van der Waals surface area contributed by atoms with E-state index in [4.69, 9.17) is 30.6 Å². The standard InChI is InChI=1S/C27H28ClF2N3O8S/c1-14(33-15(2)25(34)17-7-18(29)9-19(30)8-17)13-40-26(35)16(3)41-27(36)21-10-24(42(31,37)38)22(28)11-23(21)32-12-20-5-4-6-39-20/h4-11,14-16,32-33H,12-13H2,1-3H3,(H2,31,37,38)/t14?,15-,16?/m0/s1. The highest BCUT2D eigenvalue weighted by Gasteiger charge is 2.26. The molecule has 3 rings (SSSR count). The number of benzene rings is 2. The van der Waals surface area contributed by atoms with E-state index >= 15 is 0 Å². The lowest BCUT2D eigenvalue weighted by molar-refractivity contribution is -0.153. The summed E-state index contributed by atoms with van der Waals surface area (Å²) < 4.78 is 66.5. The molecular weight excluding hydrogens is 600 g/mol. The number of anilines is 1. The Morgan fingerprint density at radius 2 is 1.74 bits per heavy atom. The zero-order chi connectivity index (χ0) is 31.2. The summed E-state index contributed by atoms with van der Waals surface area (Å²) in [5.74, 6) is -3.87. The Balaban J connectivity index is 1.62. The monoisotopic (exact) mass is 627 g/mol. The molecule has 0 aliphatic heterocycles. The minimum atomic E-state index is -4.31. The molecule has 0 amide bonds. The number of nitrogens with one attached hydrogen (secondary N) is 2. The van der Waals surface area contributed by atoms with Gasteiger partial charge in [0.15, 0.2) is 11.9 Å². The number of carbonyl (C=O) groups is 3. The highest BCUT2D eigenvalue weighted by atomic mass is 35.5. The first-order chi connectivity index (χ1) is 19.6. The Kier molecular flexibility index (Phi) is 10.8. The third-order valence-electron chi connectivity index (χ3n) is 5.80. The van der Waals surface area contributed by atoms with Crippen LogP contribution in [0.3, 0.4) is 0 Å². The third kappa shape index (κ3) is 8.82. The number of halogens is 3. The van der Waals surface area contributed by atoms with Crippen molar-refractivity contribution >= 4 is 45.0 Å². The van der Waals surface area contributed by atoms with Crippen LogP contribution < -0.4 is 15.8 Å². The first kappa shape index (κ1) is 32.7. The topological polar surface area (TPSA) is 167 Å². The number of hydrogen-bond acceptors (Lipinski definition) is 10. The molecule has 3 atom stereocenters. The number of esters is 2. The van der Waals surface area contributed by atoms with Gasteiger partial charge in [-0.3, -0.25) is 4.79 Å². The predicted molar refractivity (Wildman–Crippen MR) is 147 cm³/mol. The second-order valence-electron chi connectivity index (χ2n) is 9.30. The molecule has 2 unspecified atom stereocenters. The van der Waals surface area contributed by atoms with Crippen LogP contribution in [0.1, 0.15) is 47.2 Å². The van der Waals surface area contributed by atoms with Gasteiger partial charge < -0.3 is 24.5 Å². The van der Waals surface area contributed by atoms with Crippen molar-refractivity contribution in [3.63, 3.8) is 0 Å². The van der Waals surface area contributed by atoms with E-state index in [0.29, 0.717) is 11.8 Å². The Hall–Kier alpha value is -3.85. The highest BCUT2D eigenvalue weighted by Crippen LogP contribution is 2.29. The minimum Gasteiger partial charge on any atom is -0.467 e. The van der Waals surface area contributed by atoms with Crippen molar-refractivity contribution in [1.29, 1.82) is 0 Å². The molecule has 1 aromatic heterocycles. The maximum atomic E-state index is 13.5. The van der Waals surface area contributed by atoms with Crippen LogP contribution >= 0.6 is 11.6 Å². The van der Waals surface area contributed by atoms with Crippen molar-refractivity contribution < 1.29 is 45.5 Å². The van der Waals surface area contributed by atoms with Crippen LogP contribution in [0.15, 0.2) is 58.0 Å². The van der Waals surface area contributed by atoms with Crippen molar-refractivity contribution in [3.8, 4) is 0 Å². The molecule has 0 aliphatic carbocycles. The fraction of sp³-hybridized carbons (Fsp3) is 0.296. The van der Waals surface area contributed by atoms with Crippen molar-refractivity contribution in [2.45, 2.75) is 50.4 Å². The van der Waals surface area contributed by atoms with Gasteiger partial charge in [-0.1, -0.05) is 11.6 Å². The molecule has 0 radical (unpaired) electrons. The van der Waals surface area contributed by atoms with E-state index < -0.39 is 62.5 Å². The third-order valence-corrected chi connectivity index (χ3v) is 7.17. The number of primary sulfonamides is 1. The first-order valence-electron chi connectivity index (χ1n) is 12.4. The number of sulfonamides is 1. The van der Waals surface area contributed by atoms with Gasteiger partial charge in [0.05, 0.1) is 35.1 Å². The molecule has 42 heavy (non-hydrogen) atoms. The van der Waals surface area contributed by atoms with Gasteiger partial charge in [0.1, 0.15) is 28.9 Å². The smallest absolute Gasteiger partial charge is 0.347 e. The zero-order valence-corrected chi connectivity index (χ0v) is 24.2. The molecule has 0 saturated heterocycles. The Morgan fingerprint density at radius 3 is 2.33 bits per heavy atom. The number of hydrogen-bond donors (Lipinski definition) is 3. The predicted octanol–water partition coefficient (Wildman–Crippen LogP) is 3.81. The van der Waals surface area contributed by atoms with Crippen LogP contribution in [0.5, 0.6) is 0 Å². The lowest BCUT2D eigenvalue weighted by atomic mass is 10.0. The summed E-state index contributed by atoms with van der Waals surface area (Å²) in [6.07, 6.45) is 0.0161. The molecule has 4 N–H and O–H groups in total. The van der Waals surface area contributed by atoms with Crippen LogP contribution in [-0.4, -0.2) is 50.9 Å². The summed E-state index contributed by atoms with van der Waals surface area (Å²) in [6.45, 7) is 4.18. The molecule has 0 bridgehead atoms. The second-order valence-corrected chi connectivity index (χ2v) is 11.2.